The van der Waals surface area contributed by atoms with Crippen molar-refractivity contribution in [2.75, 3.05) is 6.54 Å². The molecule has 3 heteroatoms. The lowest BCUT2D eigenvalue weighted by atomic mass is 10.1. The quantitative estimate of drug-likeness (QED) is 0.825. The van der Waals surface area contributed by atoms with E-state index < -0.39 is 0 Å². The number of thiophene rings is 1. The molecule has 1 aromatic rings. The van der Waals surface area contributed by atoms with E-state index in [-0.39, 0.29) is 6.10 Å². The van der Waals surface area contributed by atoms with Crippen LogP contribution in [-0.2, 0) is 0 Å². The highest BCUT2D eigenvalue weighted by molar-refractivity contribution is 7.10. The van der Waals surface area contributed by atoms with Crippen LogP contribution >= 0.6 is 11.3 Å². The standard InChI is InChI=1S/C12H19NOS/c1-9-4-2-5-10(9)13-8-11(14)12-6-3-7-15-12/h3,6-7,9-11,13-14H,2,4-5,8H2,1H3. The van der Waals surface area contributed by atoms with Gasteiger partial charge in [0.15, 0.2) is 0 Å². The Balaban J connectivity index is 1.78. The van der Waals surface area contributed by atoms with E-state index in [1.807, 2.05) is 17.5 Å². The van der Waals surface area contributed by atoms with Gasteiger partial charge in [0.2, 0.25) is 0 Å². The third-order valence-corrected chi connectivity index (χ3v) is 4.28. The van der Waals surface area contributed by atoms with E-state index in [9.17, 15) is 5.11 Å². The Morgan fingerprint density at radius 3 is 3.07 bits per heavy atom. The Kier molecular flexibility index (Phi) is 3.78. The van der Waals surface area contributed by atoms with Crippen LogP contribution in [0.15, 0.2) is 17.5 Å². The van der Waals surface area contributed by atoms with Crippen molar-refractivity contribution in [3.05, 3.63) is 22.4 Å². The second kappa shape index (κ2) is 5.10. The normalized spacial score (nSPS) is 28.1. The molecule has 1 aliphatic rings. The Morgan fingerprint density at radius 1 is 1.60 bits per heavy atom. The molecule has 0 aromatic carbocycles. The van der Waals surface area contributed by atoms with Gasteiger partial charge in [-0.05, 0) is 30.2 Å². The Hall–Kier alpha value is -0.380. The largest absolute Gasteiger partial charge is 0.386 e. The average Bonchev–Trinajstić information content (AvgIpc) is 2.85. The van der Waals surface area contributed by atoms with Gasteiger partial charge in [0.1, 0.15) is 6.10 Å². The van der Waals surface area contributed by atoms with E-state index in [2.05, 4.69) is 12.2 Å². The molecule has 0 bridgehead atoms. The molecule has 1 saturated carbocycles. The predicted octanol–water partition coefficient (Wildman–Crippen LogP) is 2.56. The summed E-state index contributed by atoms with van der Waals surface area (Å²) in [4.78, 5) is 1.06. The van der Waals surface area contributed by atoms with Crippen LogP contribution in [0.5, 0.6) is 0 Å². The number of hydrogen-bond donors (Lipinski definition) is 2. The summed E-state index contributed by atoms with van der Waals surface area (Å²) < 4.78 is 0. The van der Waals surface area contributed by atoms with Crippen molar-refractivity contribution in [1.82, 2.24) is 5.32 Å². The number of rotatable bonds is 4. The van der Waals surface area contributed by atoms with E-state index in [1.165, 1.54) is 19.3 Å². The van der Waals surface area contributed by atoms with Crippen LogP contribution in [0.1, 0.15) is 37.2 Å². The maximum atomic E-state index is 9.90. The lowest BCUT2D eigenvalue weighted by Crippen LogP contribution is -2.34. The van der Waals surface area contributed by atoms with Crippen molar-refractivity contribution in [1.29, 1.82) is 0 Å². The van der Waals surface area contributed by atoms with Gasteiger partial charge >= 0.3 is 0 Å². The maximum absolute atomic E-state index is 9.90. The van der Waals surface area contributed by atoms with Gasteiger partial charge in [-0.1, -0.05) is 19.4 Å². The molecule has 0 saturated heterocycles. The Morgan fingerprint density at radius 2 is 2.47 bits per heavy atom. The summed E-state index contributed by atoms with van der Waals surface area (Å²) in [5.41, 5.74) is 0. The highest BCUT2D eigenvalue weighted by Crippen LogP contribution is 2.25. The summed E-state index contributed by atoms with van der Waals surface area (Å²) in [6.45, 7) is 2.98. The second-order valence-electron chi connectivity index (χ2n) is 4.45. The highest BCUT2D eigenvalue weighted by atomic mass is 32.1. The number of hydrogen-bond acceptors (Lipinski definition) is 3. The highest BCUT2D eigenvalue weighted by Gasteiger charge is 2.23. The molecule has 84 valence electrons. The molecule has 2 rings (SSSR count). The Bertz CT molecular complexity index is 286. The molecule has 2 nitrogen and oxygen atoms in total. The minimum absolute atomic E-state index is 0.335. The molecule has 1 heterocycles. The third kappa shape index (κ3) is 2.80. The number of aliphatic hydroxyl groups is 1. The van der Waals surface area contributed by atoms with Gasteiger partial charge in [0.05, 0.1) is 0 Å². The molecule has 2 N–H and O–H groups in total. The van der Waals surface area contributed by atoms with Crippen LogP contribution in [0, 0.1) is 5.92 Å². The number of nitrogens with one attached hydrogen (secondary N) is 1. The van der Waals surface area contributed by atoms with E-state index in [0.717, 1.165) is 10.8 Å². The lowest BCUT2D eigenvalue weighted by Gasteiger charge is -2.19. The molecule has 1 fully saturated rings. The minimum Gasteiger partial charge on any atom is -0.386 e. The summed E-state index contributed by atoms with van der Waals surface area (Å²) in [6, 6.07) is 4.59. The molecule has 15 heavy (non-hydrogen) atoms. The van der Waals surface area contributed by atoms with Crippen LogP contribution in [-0.4, -0.2) is 17.7 Å². The SMILES string of the molecule is CC1CCCC1NCC(O)c1cccs1. The summed E-state index contributed by atoms with van der Waals surface area (Å²) in [6.07, 6.45) is 3.58. The van der Waals surface area contributed by atoms with Crippen LogP contribution in [0.2, 0.25) is 0 Å². The molecule has 0 spiro atoms. The fourth-order valence-electron chi connectivity index (χ4n) is 2.29. The summed E-state index contributed by atoms with van der Waals surface area (Å²) in [7, 11) is 0. The van der Waals surface area contributed by atoms with Crippen molar-refractivity contribution >= 4 is 11.3 Å². The Labute approximate surface area is 95.3 Å². The lowest BCUT2D eigenvalue weighted by molar-refractivity contribution is 0.170. The second-order valence-corrected chi connectivity index (χ2v) is 5.43. The third-order valence-electron chi connectivity index (χ3n) is 3.31. The molecule has 0 aliphatic heterocycles. The van der Waals surface area contributed by atoms with Gasteiger partial charge < -0.3 is 10.4 Å². The summed E-state index contributed by atoms with van der Waals surface area (Å²) in [5, 5.41) is 15.4. The first kappa shape index (κ1) is 11.1. The fraction of sp³-hybridized carbons (Fsp3) is 0.667. The van der Waals surface area contributed by atoms with Gasteiger partial charge in [-0.2, -0.15) is 0 Å². The van der Waals surface area contributed by atoms with Gasteiger partial charge in [-0.25, -0.2) is 0 Å². The predicted molar refractivity (Wildman–Crippen MR) is 64.1 cm³/mol. The van der Waals surface area contributed by atoms with Gasteiger partial charge in [-0.15, -0.1) is 11.3 Å². The van der Waals surface area contributed by atoms with Crippen molar-refractivity contribution in [2.45, 2.75) is 38.3 Å². The summed E-state index contributed by atoms with van der Waals surface area (Å²) in [5.74, 6) is 0.764. The topological polar surface area (TPSA) is 32.3 Å². The molecular formula is C12H19NOS. The first-order valence-electron chi connectivity index (χ1n) is 5.72. The number of aliphatic hydroxyl groups excluding tert-OH is 1. The zero-order valence-corrected chi connectivity index (χ0v) is 9.96. The van der Waals surface area contributed by atoms with Crippen LogP contribution in [0.4, 0.5) is 0 Å². The van der Waals surface area contributed by atoms with Crippen LogP contribution in [0.3, 0.4) is 0 Å². The van der Waals surface area contributed by atoms with E-state index in [4.69, 9.17) is 0 Å². The van der Waals surface area contributed by atoms with E-state index in [1.54, 1.807) is 11.3 Å². The molecule has 0 amide bonds. The van der Waals surface area contributed by atoms with Crippen molar-refractivity contribution in [3.8, 4) is 0 Å². The zero-order chi connectivity index (χ0) is 10.7. The average molecular weight is 225 g/mol. The maximum Gasteiger partial charge on any atom is 0.101 e. The van der Waals surface area contributed by atoms with Gasteiger partial charge in [0.25, 0.3) is 0 Å². The van der Waals surface area contributed by atoms with Crippen LogP contribution in [0.25, 0.3) is 0 Å². The van der Waals surface area contributed by atoms with E-state index in [0.29, 0.717) is 12.6 Å². The molecular weight excluding hydrogens is 206 g/mol. The van der Waals surface area contributed by atoms with Crippen molar-refractivity contribution in [2.24, 2.45) is 5.92 Å². The molecule has 3 atom stereocenters. The fourth-order valence-corrected chi connectivity index (χ4v) is 3.00. The minimum atomic E-state index is -0.335. The first-order valence-corrected chi connectivity index (χ1v) is 6.60. The summed E-state index contributed by atoms with van der Waals surface area (Å²) >= 11 is 1.62. The first-order chi connectivity index (χ1) is 7.27. The molecule has 0 radical (unpaired) electrons. The molecule has 3 unspecified atom stereocenters. The van der Waals surface area contributed by atoms with Crippen molar-refractivity contribution in [3.63, 3.8) is 0 Å². The smallest absolute Gasteiger partial charge is 0.101 e. The van der Waals surface area contributed by atoms with Crippen molar-refractivity contribution < 1.29 is 5.11 Å². The monoisotopic (exact) mass is 225 g/mol. The zero-order valence-electron chi connectivity index (χ0n) is 9.15. The molecule has 1 aromatic heterocycles. The van der Waals surface area contributed by atoms with E-state index >= 15 is 0 Å². The van der Waals surface area contributed by atoms with Gasteiger partial charge in [-0.3, -0.25) is 0 Å². The molecule has 1 aliphatic carbocycles. The van der Waals surface area contributed by atoms with Crippen LogP contribution < -0.4 is 5.32 Å². The van der Waals surface area contributed by atoms with Gasteiger partial charge in [0, 0.05) is 17.5 Å².